The second-order valence-corrected chi connectivity index (χ2v) is 7.11. The summed E-state index contributed by atoms with van der Waals surface area (Å²) in [7, 11) is 0. The number of carbonyl (C=O) groups excluding carboxylic acids is 1. The lowest BCUT2D eigenvalue weighted by atomic mass is 9.96. The van der Waals surface area contributed by atoms with Crippen molar-refractivity contribution in [3.05, 3.63) is 17.8 Å². The average molecular weight is 331 g/mol. The van der Waals surface area contributed by atoms with Crippen LogP contribution < -0.4 is 15.6 Å². The fourth-order valence-electron chi connectivity index (χ4n) is 3.42. The van der Waals surface area contributed by atoms with E-state index in [9.17, 15) is 4.79 Å². The fraction of sp³-hybridized carbons (Fsp3) is 0.706. The Balaban J connectivity index is 1.20. The van der Waals surface area contributed by atoms with Gasteiger partial charge < -0.3 is 9.64 Å². The van der Waals surface area contributed by atoms with Crippen molar-refractivity contribution in [1.29, 1.82) is 0 Å². The Bertz CT molecular complexity index is 561. The van der Waals surface area contributed by atoms with Crippen LogP contribution in [0.1, 0.15) is 37.3 Å². The van der Waals surface area contributed by atoms with E-state index in [1.54, 1.807) is 0 Å². The van der Waals surface area contributed by atoms with Gasteiger partial charge in [0, 0.05) is 38.2 Å². The lowest BCUT2D eigenvalue weighted by Gasteiger charge is -2.33. The zero-order valence-electron chi connectivity index (χ0n) is 13.9. The Morgan fingerprint density at radius 1 is 1.12 bits per heavy atom. The zero-order valence-corrected chi connectivity index (χ0v) is 13.9. The van der Waals surface area contributed by atoms with Gasteiger partial charge in [-0.2, -0.15) is 5.10 Å². The first-order valence-corrected chi connectivity index (χ1v) is 9.00. The molecule has 0 atom stereocenters. The molecule has 0 bridgehead atoms. The Labute approximate surface area is 142 Å². The van der Waals surface area contributed by atoms with Gasteiger partial charge in [0.15, 0.2) is 0 Å². The first-order chi connectivity index (χ1) is 11.8. The summed E-state index contributed by atoms with van der Waals surface area (Å²) in [4.78, 5) is 14.4. The maximum Gasteiger partial charge on any atom is 0.233 e. The van der Waals surface area contributed by atoms with Gasteiger partial charge >= 0.3 is 0 Å². The summed E-state index contributed by atoms with van der Waals surface area (Å²) in [5.41, 5.74) is 7.14. The number of ether oxygens (including phenoxy) is 1. The van der Waals surface area contributed by atoms with Crippen LogP contribution in [0.4, 0.5) is 0 Å². The number of hydrazine groups is 1. The van der Waals surface area contributed by atoms with E-state index in [1.165, 1.54) is 12.8 Å². The number of aromatic nitrogens is 2. The number of carbonyl (C=O) groups is 1. The molecule has 3 aliphatic rings. The highest BCUT2D eigenvalue weighted by Crippen LogP contribution is 2.38. The number of piperidine rings is 1. The lowest BCUT2D eigenvalue weighted by Crippen LogP contribution is -2.43. The normalized spacial score (nSPS) is 22.8. The molecular weight excluding hydrogens is 306 g/mol. The van der Waals surface area contributed by atoms with Crippen molar-refractivity contribution >= 4 is 5.91 Å². The van der Waals surface area contributed by atoms with Crippen molar-refractivity contribution in [1.82, 2.24) is 25.9 Å². The van der Waals surface area contributed by atoms with Gasteiger partial charge in [-0.25, -0.2) is 0 Å². The topological polar surface area (TPSA) is 79.4 Å². The molecule has 4 rings (SSSR count). The van der Waals surface area contributed by atoms with Gasteiger partial charge in [0.2, 0.25) is 11.8 Å². The van der Waals surface area contributed by atoms with Crippen molar-refractivity contribution in [2.24, 2.45) is 11.8 Å². The van der Waals surface area contributed by atoms with E-state index in [4.69, 9.17) is 4.74 Å². The monoisotopic (exact) mass is 331 g/mol. The maximum atomic E-state index is 12.4. The summed E-state index contributed by atoms with van der Waals surface area (Å²) in [6.07, 6.45) is 4.46. The number of hydrogen-bond acceptors (Lipinski definition) is 6. The van der Waals surface area contributed by atoms with E-state index in [0.29, 0.717) is 24.3 Å². The van der Waals surface area contributed by atoms with E-state index in [-0.39, 0.29) is 11.8 Å². The van der Waals surface area contributed by atoms with Crippen LogP contribution in [0.2, 0.25) is 0 Å². The Morgan fingerprint density at radius 3 is 2.50 bits per heavy atom. The Morgan fingerprint density at radius 2 is 1.88 bits per heavy atom. The van der Waals surface area contributed by atoms with Crippen LogP contribution in [0.5, 0.6) is 5.88 Å². The molecule has 1 aromatic heterocycles. The summed E-state index contributed by atoms with van der Waals surface area (Å²) < 4.78 is 5.80. The van der Waals surface area contributed by atoms with Gasteiger partial charge in [-0.3, -0.25) is 15.6 Å². The van der Waals surface area contributed by atoms with E-state index < -0.39 is 0 Å². The van der Waals surface area contributed by atoms with Gasteiger partial charge in [-0.1, -0.05) is 0 Å². The third-order valence-electron chi connectivity index (χ3n) is 5.22. The molecule has 1 amide bonds. The first kappa shape index (κ1) is 15.8. The molecule has 3 fully saturated rings. The molecule has 1 aromatic rings. The number of rotatable bonds is 5. The van der Waals surface area contributed by atoms with Gasteiger partial charge in [0.1, 0.15) is 0 Å². The van der Waals surface area contributed by atoms with Crippen LogP contribution in [0, 0.1) is 11.8 Å². The maximum absolute atomic E-state index is 12.4. The van der Waals surface area contributed by atoms with Gasteiger partial charge in [0.25, 0.3) is 0 Å². The van der Waals surface area contributed by atoms with Crippen molar-refractivity contribution in [2.75, 3.05) is 32.8 Å². The van der Waals surface area contributed by atoms with Crippen molar-refractivity contribution in [2.45, 2.75) is 31.6 Å². The van der Waals surface area contributed by atoms with Gasteiger partial charge in [0.05, 0.1) is 18.2 Å². The minimum absolute atomic E-state index is 0.0815. The molecule has 1 saturated carbocycles. The highest BCUT2D eigenvalue weighted by molar-refractivity contribution is 5.79. The van der Waals surface area contributed by atoms with Crippen molar-refractivity contribution in [3.63, 3.8) is 0 Å². The number of nitrogens with one attached hydrogen (secondary N) is 2. The molecule has 7 nitrogen and oxygen atoms in total. The van der Waals surface area contributed by atoms with Crippen LogP contribution >= 0.6 is 0 Å². The summed E-state index contributed by atoms with van der Waals surface area (Å²) in [5.74, 6) is 2.07. The molecule has 2 aliphatic heterocycles. The van der Waals surface area contributed by atoms with Crippen LogP contribution in [-0.4, -0.2) is 53.8 Å². The highest BCUT2D eigenvalue weighted by Gasteiger charge is 2.30. The Hall–Kier alpha value is -1.73. The predicted molar refractivity (Wildman–Crippen MR) is 88.3 cm³/mol. The number of hydrogen-bond donors (Lipinski definition) is 2. The van der Waals surface area contributed by atoms with E-state index in [2.05, 4.69) is 21.0 Å². The van der Waals surface area contributed by atoms with E-state index in [1.807, 2.05) is 17.0 Å². The minimum atomic E-state index is 0.0815. The third-order valence-corrected chi connectivity index (χ3v) is 5.22. The molecule has 3 heterocycles. The fourth-order valence-corrected chi connectivity index (χ4v) is 3.42. The molecule has 1 aliphatic carbocycles. The molecule has 0 aromatic carbocycles. The molecule has 7 heteroatoms. The predicted octanol–water partition coefficient (Wildman–Crippen LogP) is 0.695. The van der Waals surface area contributed by atoms with Crippen LogP contribution in [-0.2, 0) is 4.79 Å². The number of nitrogens with zero attached hydrogens (tertiary/aromatic N) is 3. The van der Waals surface area contributed by atoms with Crippen molar-refractivity contribution in [3.8, 4) is 5.88 Å². The quantitative estimate of drug-likeness (QED) is 0.827. The third kappa shape index (κ3) is 3.67. The SMILES string of the molecule is O=C(C1CNNC1)N1CCC(COc2ccc(C3CC3)nn2)CC1. The largest absolute Gasteiger partial charge is 0.476 e. The van der Waals surface area contributed by atoms with E-state index in [0.717, 1.165) is 44.7 Å². The summed E-state index contributed by atoms with van der Waals surface area (Å²) >= 11 is 0. The summed E-state index contributed by atoms with van der Waals surface area (Å²) in [6.45, 7) is 3.78. The van der Waals surface area contributed by atoms with Crippen molar-refractivity contribution < 1.29 is 9.53 Å². The van der Waals surface area contributed by atoms with E-state index >= 15 is 0 Å². The molecule has 2 N–H and O–H groups in total. The number of amides is 1. The molecule has 24 heavy (non-hydrogen) atoms. The second kappa shape index (κ2) is 7.03. The summed E-state index contributed by atoms with van der Waals surface area (Å²) in [6, 6.07) is 3.96. The molecular formula is C17H25N5O2. The molecule has 130 valence electrons. The van der Waals surface area contributed by atoms with Crippen LogP contribution in [0.25, 0.3) is 0 Å². The van der Waals surface area contributed by atoms with Gasteiger partial charge in [-0.15, -0.1) is 5.10 Å². The molecule has 0 unspecified atom stereocenters. The summed E-state index contributed by atoms with van der Waals surface area (Å²) in [5, 5.41) is 8.41. The average Bonchev–Trinajstić information content (AvgIpc) is 3.34. The molecule has 0 spiro atoms. The van der Waals surface area contributed by atoms with Crippen LogP contribution in [0.3, 0.4) is 0 Å². The minimum Gasteiger partial charge on any atom is -0.476 e. The lowest BCUT2D eigenvalue weighted by molar-refractivity contribution is -0.136. The molecule has 2 saturated heterocycles. The van der Waals surface area contributed by atoms with Gasteiger partial charge in [-0.05, 0) is 37.7 Å². The first-order valence-electron chi connectivity index (χ1n) is 9.00. The molecule has 0 radical (unpaired) electrons. The standard InChI is InChI=1S/C17H25N5O2/c23-17(14-9-18-19-10-14)22-7-5-12(6-8-22)11-24-16-4-3-15(20-21-16)13-1-2-13/h3-4,12-14,18-19H,1-2,5-11H2. The smallest absolute Gasteiger partial charge is 0.233 e. The number of likely N-dealkylation sites (tertiary alicyclic amines) is 1. The second-order valence-electron chi connectivity index (χ2n) is 7.11. The Kier molecular flexibility index (Phi) is 4.62. The highest BCUT2D eigenvalue weighted by atomic mass is 16.5. The zero-order chi connectivity index (χ0) is 16.4. The van der Waals surface area contributed by atoms with Crippen LogP contribution in [0.15, 0.2) is 12.1 Å².